The van der Waals surface area contributed by atoms with Crippen molar-refractivity contribution in [3.05, 3.63) is 48.0 Å². The van der Waals surface area contributed by atoms with Gasteiger partial charge >= 0.3 is 0 Å². The van der Waals surface area contributed by atoms with Crippen LogP contribution < -0.4 is 19.7 Å². The smallest absolute Gasteiger partial charge is 0.251 e. The molecule has 0 saturated heterocycles. The largest absolute Gasteiger partial charge is 0.486 e. The Morgan fingerprint density at radius 3 is 2.57 bits per heavy atom. The molecule has 1 N–H and O–H groups in total. The number of rotatable bonds is 7. The highest BCUT2D eigenvalue weighted by Crippen LogP contribution is 2.34. The molecule has 3 aromatic rings. The van der Waals surface area contributed by atoms with Crippen molar-refractivity contribution in [3.8, 4) is 22.9 Å². The summed E-state index contributed by atoms with van der Waals surface area (Å²) in [5, 5.41) is 15.5. The lowest BCUT2D eigenvalue weighted by Crippen LogP contribution is -2.45. The van der Waals surface area contributed by atoms with E-state index in [1.165, 1.54) is 9.70 Å². The lowest BCUT2D eigenvalue weighted by atomic mass is 10.1. The maximum absolute atomic E-state index is 13.4. The van der Waals surface area contributed by atoms with Crippen molar-refractivity contribution in [2.75, 3.05) is 24.7 Å². The van der Waals surface area contributed by atoms with Gasteiger partial charge in [0.15, 0.2) is 11.5 Å². The molecule has 1 saturated carbocycles. The zero-order valence-corrected chi connectivity index (χ0v) is 19.6. The molecule has 0 radical (unpaired) electrons. The van der Waals surface area contributed by atoms with Crippen LogP contribution in [-0.2, 0) is 16.1 Å². The number of hydrogen-bond donors (Lipinski definition) is 1. The summed E-state index contributed by atoms with van der Waals surface area (Å²) in [6.07, 6.45) is 4.15. The molecule has 1 aliphatic heterocycles. The molecule has 182 valence electrons. The molecule has 2 aliphatic rings. The van der Waals surface area contributed by atoms with Crippen molar-refractivity contribution in [3.63, 3.8) is 0 Å². The van der Waals surface area contributed by atoms with E-state index in [1.54, 1.807) is 18.2 Å². The van der Waals surface area contributed by atoms with Crippen LogP contribution in [0.3, 0.4) is 0 Å². The third-order valence-electron chi connectivity index (χ3n) is 6.20. The Bertz CT molecular complexity index is 1200. The zero-order chi connectivity index (χ0) is 24.2. The molecular formula is C25H28N6O4. The number of ether oxygens (including phenoxy) is 2. The van der Waals surface area contributed by atoms with Gasteiger partial charge in [-0.2, -0.15) is 4.80 Å². The first-order valence-electron chi connectivity index (χ1n) is 11.9. The molecule has 0 bridgehead atoms. The highest BCUT2D eigenvalue weighted by molar-refractivity contribution is 5.98. The summed E-state index contributed by atoms with van der Waals surface area (Å²) in [7, 11) is 0. The molecule has 10 nitrogen and oxygen atoms in total. The molecule has 5 rings (SSSR count). The van der Waals surface area contributed by atoms with Crippen LogP contribution in [0.25, 0.3) is 11.4 Å². The summed E-state index contributed by atoms with van der Waals surface area (Å²) in [6.45, 7) is 2.62. The number of hydrogen-bond acceptors (Lipinski definition) is 7. The highest BCUT2D eigenvalue weighted by Gasteiger charge is 2.25. The van der Waals surface area contributed by atoms with Crippen LogP contribution in [0.5, 0.6) is 11.5 Å². The lowest BCUT2D eigenvalue weighted by molar-refractivity contribution is -0.124. The summed E-state index contributed by atoms with van der Waals surface area (Å²) in [5.74, 6) is 1.05. The Morgan fingerprint density at radius 1 is 1.06 bits per heavy atom. The summed E-state index contributed by atoms with van der Waals surface area (Å²) < 4.78 is 11.3. The summed E-state index contributed by atoms with van der Waals surface area (Å²) in [6, 6.07) is 13.1. The average Bonchev–Trinajstić information content (AvgIpc) is 3.55. The first-order valence-corrected chi connectivity index (χ1v) is 11.9. The predicted molar refractivity (Wildman–Crippen MR) is 128 cm³/mol. The quantitative estimate of drug-likeness (QED) is 0.558. The van der Waals surface area contributed by atoms with Crippen molar-refractivity contribution in [2.24, 2.45) is 0 Å². The standard InChI is InChI=1S/C25H28N6O4/c1-17-6-8-18(9-7-17)25-27-29-31(28-25)16-24(33)30(15-23(32)26-19-4-2-3-5-19)20-10-11-21-22(14-20)35-13-12-34-21/h6-11,14,19H,2-5,12-13,15-16H2,1H3,(H,26,32). The van der Waals surface area contributed by atoms with E-state index in [0.717, 1.165) is 36.8 Å². The van der Waals surface area contributed by atoms with Crippen LogP contribution in [0.15, 0.2) is 42.5 Å². The molecule has 1 fully saturated rings. The molecule has 35 heavy (non-hydrogen) atoms. The highest BCUT2D eigenvalue weighted by atomic mass is 16.6. The summed E-state index contributed by atoms with van der Waals surface area (Å²) in [5.41, 5.74) is 2.48. The van der Waals surface area contributed by atoms with Crippen LogP contribution >= 0.6 is 0 Å². The number of fused-ring (bicyclic) bond motifs is 1. The molecular weight excluding hydrogens is 448 g/mol. The summed E-state index contributed by atoms with van der Waals surface area (Å²) in [4.78, 5) is 28.9. The fourth-order valence-corrected chi connectivity index (χ4v) is 4.35. The van der Waals surface area contributed by atoms with Crippen LogP contribution in [0.4, 0.5) is 5.69 Å². The van der Waals surface area contributed by atoms with Gasteiger partial charge < -0.3 is 19.7 Å². The summed E-state index contributed by atoms with van der Waals surface area (Å²) >= 11 is 0. The van der Waals surface area contributed by atoms with Gasteiger partial charge in [-0.05, 0) is 37.1 Å². The number of nitrogens with one attached hydrogen (secondary N) is 1. The molecule has 0 unspecified atom stereocenters. The number of carbonyl (C=O) groups is 2. The third kappa shape index (κ3) is 5.42. The monoisotopic (exact) mass is 476 g/mol. The van der Waals surface area contributed by atoms with Gasteiger partial charge in [-0.3, -0.25) is 9.59 Å². The maximum atomic E-state index is 13.4. The molecule has 1 aliphatic carbocycles. The van der Waals surface area contributed by atoms with Crippen molar-refractivity contribution < 1.29 is 19.1 Å². The minimum atomic E-state index is -0.337. The Labute approximate surface area is 203 Å². The number of aromatic nitrogens is 4. The van der Waals surface area contributed by atoms with E-state index in [9.17, 15) is 9.59 Å². The minimum Gasteiger partial charge on any atom is -0.486 e. The van der Waals surface area contributed by atoms with Gasteiger partial charge in [0.05, 0.1) is 0 Å². The number of anilines is 1. The van der Waals surface area contributed by atoms with E-state index in [-0.39, 0.29) is 30.9 Å². The SMILES string of the molecule is Cc1ccc(-c2nnn(CC(=O)N(CC(=O)NC3CCCC3)c3ccc4c(c3)OCCO4)n2)cc1. The van der Waals surface area contributed by atoms with E-state index in [4.69, 9.17) is 9.47 Å². The number of amides is 2. The van der Waals surface area contributed by atoms with Gasteiger partial charge in [-0.25, -0.2) is 0 Å². The Hall–Kier alpha value is -3.95. The number of nitrogens with zero attached hydrogens (tertiary/aromatic N) is 5. The van der Waals surface area contributed by atoms with Crippen LogP contribution in [-0.4, -0.2) is 57.8 Å². The first kappa shape index (κ1) is 22.8. The molecule has 2 aromatic carbocycles. The Balaban J connectivity index is 1.35. The van der Waals surface area contributed by atoms with Crippen LogP contribution in [0, 0.1) is 6.92 Å². The van der Waals surface area contributed by atoms with Crippen molar-refractivity contribution in [2.45, 2.75) is 45.2 Å². The number of benzene rings is 2. The van der Waals surface area contributed by atoms with E-state index in [1.807, 2.05) is 31.2 Å². The number of carbonyl (C=O) groups excluding carboxylic acids is 2. The van der Waals surface area contributed by atoms with Crippen LogP contribution in [0.2, 0.25) is 0 Å². The number of tetrazole rings is 1. The molecule has 0 atom stereocenters. The van der Waals surface area contributed by atoms with Gasteiger partial charge in [0, 0.05) is 23.4 Å². The topological polar surface area (TPSA) is 111 Å². The molecule has 2 heterocycles. The normalized spacial score (nSPS) is 15.1. The van der Waals surface area contributed by atoms with Gasteiger partial charge in [-0.1, -0.05) is 42.7 Å². The predicted octanol–water partition coefficient (Wildman–Crippen LogP) is 2.51. The van der Waals surface area contributed by atoms with Crippen molar-refractivity contribution >= 4 is 17.5 Å². The molecule has 10 heteroatoms. The van der Waals surface area contributed by atoms with Crippen molar-refractivity contribution in [1.29, 1.82) is 0 Å². The van der Waals surface area contributed by atoms with Crippen molar-refractivity contribution in [1.82, 2.24) is 25.5 Å². The average molecular weight is 477 g/mol. The zero-order valence-electron chi connectivity index (χ0n) is 19.6. The first-order chi connectivity index (χ1) is 17.0. The minimum absolute atomic E-state index is 0.117. The maximum Gasteiger partial charge on any atom is 0.251 e. The van der Waals surface area contributed by atoms with Gasteiger partial charge in [0.1, 0.15) is 26.3 Å². The Kier molecular flexibility index (Phi) is 6.60. The van der Waals surface area contributed by atoms with Crippen LogP contribution in [0.1, 0.15) is 31.2 Å². The molecule has 1 aromatic heterocycles. The van der Waals surface area contributed by atoms with E-state index >= 15 is 0 Å². The van der Waals surface area contributed by atoms with Gasteiger partial charge in [0.25, 0.3) is 5.91 Å². The fourth-order valence-electron chi connectivity index (χ4n) is 4.35. The number of aryl methyl sites for hydroxylation is 1. The third-order valence-corrected chi connectivity index (χ3v) is 6.20. The van der Waals surface area contributed by atoms with E-state index < -0.39 is 0 Å². The van der Waals surface area contributed by atoms with E-state index in [2.05, 4.69) is 20.7 Å². The molecule has 0 spiro atoms. The second kappa shape index (κ2) is 10.1. The van der Waals surface area contributed by atoms with E-state index in [0.29, 0.717) is 36.2 Å². The molecule has 2 amide bonds. The van der Waals surface area contributed by atoms with Gasteiger partial charge in [0.2, 0.25) is 11.7 Å². The second-order valence-electron chi connectivity index (χ2n) is 8.87. The second-order valence-corrected chi connectivity index (χ2v) is 8.87. The van der Waals surface area contributed by atoms with Gasteiger partial charge in [-0.15, -0.1) is 10.2 Å². The fraction of sp³-hybridized carbons (Fsp3) is 0.400. The Morgan fingerprint density at radius 2 is 1.80 bits per heavy atom. The lowest BCUT2D eigenvalue weighted by Gasteiger charge is -2.25.